The first-order chi connectivity index (χ1) is 14.3. The number of fused-ring (bicyclic) bond motifs is 1. The summed E-state index contributed by atoms with van der Waals surface area (Å²) in [6.45, 7) is 6.19. The summed E-state index contributed by atoms with van der Waals surface area (Å²) in [6, 6.07) is 8.13. The number of rotatable bonds is 6. The van der Waals surface area contributed by atoms with Crippen molar-refractivity contribution in [1.29, 1.82) is 0 Å². The first-order valence-electron chi connectivity index (χ1n) is 9.70. The molecule has 150 valence electrons. The van der Waals surface area contributed by atoms with Gasteiger partial charge in [-0.05, 0) is 30.5 Å². The largest absolute Gasteiger partial charge is 0.467 e. The summed E-state index contributed by atoms with van der Waals surface area (Å²) in [6.07, 6.45) is 1.70. The molecule has 29 heavy (non-hydrogen) atoms. The molecule has 0 aliphatic carbocycles. The summed E-state index contributed by atoms with van der Waals surface area (Å²) in [5.41, 5.74) is 1.19. The lowest BCUT2D eigenvalue weighted by Crippen LogP contribution is -2.36. The predicted octanol–water partition coefficient (Wildman–Crippen LogP) is 5.02. The standard InChI is InChI=1S/C21H22N4O2S2/c1-14(16-4-2-8-27-16)22-20-19-15(17-5-3-11-28-17)13-29-21(19)24-18(23-20)12-25-6-9-26-10-7-25/h2-5,8,11,13-14H,6-7,9-10,12H2,1H3,(H,22,23,24)/t14-/m0/s1. The van der Waals surface area contributed by atoms with E-state index in [1.165, 1.54) is 10.4 Å². The Kier molecular flexibility index (Phi) is 5.32. The van der Waals surface area contributed by atoms with Gasteiger partial charge in [-0.2, -0.15) is 0 Å². The maximum Gasteiger partial charge on any atom is 0.146 e. The number of aromatic nitrogens is 2. The first kappa shape index (κ1) is 18.7. The molecule has 1 fully saturated rings. The van der Waals surface area contributed by atoms with Crippen LogP contribution >= 0.6 is 22.7 Å². The maximum absolute atomic E-state index is 5.59. The fraction of sp³-hybridized carbons (Fsp3) is 0.333. The molecule has 0 spiro atoms. The fourth-order valence-corrected chi connectivity index (χ4v) is 5.33. The molecule has 1 N–H and O–H groups in total. The van der Waals surface area contributed by atoms with Crippen molar-refractivity contribution in [3.63, 3.8) is 0 Å². The minimum absolute atomic E-state index is 0.00965. The van der Waals surface area contributed by atoms with Crippen LogP contribution in [0, 0.1) is 0 Å². The average Bonchev–Trinajstić information content (AvgIpc) is 3.49. The van der Waals surface area contributed by atoms with Crippen molar-refractivity contribution in [2.24, 2.45) is 0 Å². The zero-order valence-corrected chi connectivity index (χ0v) is 17.8. The molecule has 1 aliphatic rings. The third-order valence-electron chi connectivity index (χ3n) is 5.06. The van der Waals surface area contributed by atoms with Crippen LogP contribution in [0.15, 0.2) is 45.7 Å². The molecule has 4 aromatic heterocycles. The van der Waals surface area contributed by atoms with E-state index in [-0.39, 0.29) is 6.04 Å². The van der Waals surface area contributed by atoms with E-state index in [1.54, 1.807) is 28.9 Å². The third kappa shape index (κ3) is 3.93. The highest BCUT2D eigenvalue weighted by atomic mass is 32.1. The Morgan fingerprint density at radius 1 is 1.17 bits per heavy atom. The molecule has 6 nitrogen and oxygen atoms in total. The summed E-state index contributed by atoms with van der Waals surface area (Å²) >= 11 is 3.41. The van der Waals surface area contributed by atoms with Crippen LogP contribution in [-0.2, 0) is 11.3 Å². The van der Waals surface area contributed by atoms with Crippen LogP contribution in [-0.4, -0.2) is 41.2 Å². The van der Waals surface area contributed by atoms with Gasteiger partial charge in [-0.25, -0.2) is 9.97 Å². The van der Waals surface area contributed by atoms with E-state index in [1.807, 2.05) is 12.1 Å². The molecule has 1 aliphatic heterocycles. The molecule has 0 bridgehead atoms. The van der Waals surface area contributed by atoms with E-state index < -0.39 is 0 Å². The van der Waals surface area contributed by atoms with E-state index in [0.29, 0.717) is 0 Å². The van der Waals surface area contributed by atoms with E-state index in [9.17, 15) is 0 Å². The van der Waals surface area contributed by atoms with Gasteiger partial charge in [-0.1, -0.05) is 6.07 Å². The number of hydrogen-bond donors (Lipinski definition) is 1. The Morgan fingerprint density at radius 3 is 2.83 bits per heavy atom. The lowest BCUT2D eigenvalue weighted by atomic mass is 10.1. The number of nitrogens with one attached hydrogen (secondary N) is 1. The minimum atomic E-state index is 0.00965. The molecular formula is C21H22N4O2S2. The van der Waals surface area contributed by atoms with Crippen molar-refractivity contribution in [3.8, 4) is 10.4 Å². The quantitative estimate of drug-likeness (QED) is 0.467. The zero-order chi connectivity index (χ0) is 19.6. The molecular weight excluding hydrogens is 404 g/mol. The van der Waals surface area contributed by atoms with Crippen molar-refractivity contribution >= 4 is 38.7 Å². The molecule has 5 heterocycles. The number of furan rings is 1. The van der Waals surface area contributed by atoms with E-state index in [0.717, 1.165) is 60.5 Å². The predicted molar refractivity (Wildman–Crippen MR) is 118 cm³/mol. The van der Waals surface area contributed by atoms with Crippen LogP contribution in [0.25, 0.3) is 20.7 Å². The van der Waals surface area contributed by atoms with Crippen LogP contribution in [0.5, 0.6) is 0 Å². The molecule has 5 rings (SSSR count). The molecule has 0 unspecified atom stereocenters. The Bertz CT molecular complexity index is 1070. The molecule has 1 atom stereocenters. The van der Waals surface area contributed by atoms with Gasteiger partial charge in [0.05, 0.1) is 37.4 Å². The number of ether oxygens (including phenoxy) is 1. The average molecular weight is 427 g/mol. The summed E-state index contributed by atoms with van der Waals surface area (Å²) < 4.78 is 11.1. The van der Waals surface area contributed by atoms with Gasteiger partial charge in [0.1, 0.15) is 22.2 Å². The highest BCUT2D eigenvalue weighted by Crippen LogP contribution is 2.39. The van der Waals surface area contributed by atoms with Gasteiger partial charge >= 0.3 is 0 Å². The van der Waals surface area contributed by atoms with Gasteiger partial charge in [0.2, 0.25) is 0 Å². The SMILES string of the molecule is C[C@H](Nc1nc(CN2CCOCC2)nc2scc(-c3cccs3)c12)c1ccco1. The Morgan fingerprint density at radius 2 is 2.07 bits per heavy atom. The van der Waals surface area contributed by atoms with Gasteiger partial charge in [0.15, 0.2) is 0 Å². The van der Waals surface area contributed by atoms with Crippen LogP contribution in [0.1, 0.15) is 24.6 Å². The van der Waals surface area contributed by atoms with Crippen LogP contribution in [0.4, 0.5) is 5.82 Å². The maximum atomic E-state index is 5.59. The van der Waals surface area contributed by atoms with Gasteiger partial charge in [-0.3, -0.25) is 4.90 Å². The topological polar surface area (TPSA) is 63.4 Å². The number of hydrogen-bond acceptors (Lipinski definition) is 8. The third-order valence-corrected chi connectivity index (χ3v) is 6.83. The second-order valence-corrected chi connectivity index (χ2v) is 8.87. The van der Waals surface area contributed by atoms with Gasteiger partial charge < -0.3 is 14.5 Å². The zero-order valence-electron chi connectivity index (χ0n) is 16.1. The van der Waals surface area contributed by atoms with Gasteiger partial charge in [-0.15, -0.1) is 22.7 Å². The van der Waals surface area contributed by atoms with Crippen molar-refractivity contribution < 1.29 is 9.15 Å². The summed E-state index contributed by atoms with van der Waals surface area (Å²) in [7, 11) is 0. The lowest BCUT2D eigenvalue weighted by Gasteiger charge is -2.26. The molecule has 4 aromatic rings. The molecule has 0 saturated carbocycles. The number of thiophene rings is 2. The van der Waals surface area contributed by atoms with Crippen LogP contribution in [0.2, 0.25) is 0 Å². The van der Waals surface area contributed by atoms with Crippen molar-refractivity contribution in [2.45, 2.75) is 19.5 Å². The van der Waals surface area contributed by atoms with Gasteiger partial charge in [0.25, 0.3) is 0 Å². The van der Waals surface area contributed by atoms with E-state index >= 15 is 0 Å². The summed E-state index contributed by atoms with van der Waals surface area (Å²) in [4.78, 5) is 14.4. The van der Waals surface area contributed by atoms with E-state index in [2.05, 4.69) is 40.0 Å². The van der Waals surface area contributed by atoms with Crippen molar-refractivity contribution in [1.82, 2.24) is 14.9 Å². The Balaban J connectivity index is 1.54. The van der Waals surface area contributed by atoms with E-state index in [4.69, 9.17) is 19.1 Å². The molecule has 8 heteroatoms. The monoisotopic (exact) mass is 426 g/mol. The van der Waals surface area contributed by atoms with Crippen LogP contribution in [0.3, 0.4) is 0 Å². The summed E-state index contributed by atoms with van der Waals surface area (Å²) in [5, 5.41) is 8.95. The second kappa shape index (κ2) is 8.23. The van der Waals surface area contributed by atoms with Crippen molar-refractivity contribution in [2.75, 3.05) is 31.6 Å². The highest BCUT2D eigenvalue weighted by molar-refractivity contribution is 7.18. The van der Waals surface area contributed by atoms with Crippen LogP contribution < -0.4 is 5.32 Å². The summed E-state index contributed by atoms with van der Waals surface area (Å²) in [5.74, 6) is 2.60. The Labute approximate surface area is 177 Å². The normalized spacial score (nSPS) is 16.3. The lowest BCUT2D eigenvalue weighted by molar-refractivity contribution is 0.0331. The highest BCUT2D eigenvalue weighted by Gasteiger charge is 2.20. The van der Waals surface area contributed by atoms with Gasteiger partial charge in [0, 0.05) is 28.9 Å². The smallest absolute Gasteiger partial charge is 0.146 e. The number of nitrogens with zero attached hydrogens (tertiary/aromatic N) is 3. The second-order valence-electron chi connectivity index (χ2n) is 7.07. The van der Waals surface area contributed by atoms with Crippen molar-refractivity contribution in [3.05, 3.63) is 52.9 Å². The number of anilines is 1. The minimum Gasteiger partial charge on any atom is -0.467 e. The first-order valence-corrected chi connectivity index (χ1v) is 11.5. The molecule has 0 amide bonds. The fourth-order valence-electron chi connectivity index (χ4n) is 3.55. The molecule has 1 saturated heterocycles. The molecule has 0 aromatic carbocycles. The molecule has 0 radical (unpaired) electrons. The number of morpholine rings is 1. The Hall–Kier alpha value is -2.26.